The van der Waals surface area contributed by atoms with E-state index in [0.717, 1.165) is 39.1 Å². The molecule has 26 heavy (non-hydrogen) atoms. The molecule has 2 aromatic heterocycles. The molecule has 0 unspecified atom stereocenters. The van der Waals surface area contributed by atoms with Gasteiger partial charge >= 0.3 is 7.12 Å². The highest BCUT2D eigenvalue weighted by Gasteiger charge is 2.16. The fourth-order valence-corrected chi connectivity index (χ4v) is 3.17. The van der Waals surface area contributed by atoms with Gasteiger partial charge in [0.15, 0.2) is 0 Å². The van der Waals surface area contributed by atoms with Crippen LogP contribution in [0, 0.1) is 6.92 Å². The van der Waals surface area contributed by atoms with Gasteiger partial charge in [0.1, 0.15) is 11.6 Å². The van der Waals surface area contributed by atoms with Crippen molar-refractivity contribution in [2.45, 2.75) is 13.5 Å². The number of fused-ring (bicyclic) bond motifs is 3. The first-order valence-corrected chi connectivity index (χ1v) is 8.31. The second kappa shape index (κ2) is 6.44. The lowest BCUT2D eigenvalue weighted by molar-refractivity contribution is 0.414. The third kappa shape index (κ3) is 2.81. The number of rotatable bonds is 4. The number of methoxy groups -OCH3 is 1. The number of pyridine rings is 1. The Morgan fingerprint density at radius 2 is 1.88 bits per heavy atom. The first-order chi connectivity index (χ1) is 12.6. The van der Waals surface area contributed by atoms with Gasteiger partial charge in [-0.1, -0.05) is 24.3 Å². The minimum atomic E-state index is -1.52. The zero-order valence-corrected chi connectivity index (χ0v) is 14.5. The fourth-order valence-electron chi connectivity index (χ4n) is 3.17. The highest BCUT2D eigenvalue weighted by molar-refractivity contribution is 6.59. The van der Waals surface area contributed by atoms with Crippen molar-refractivity contribution >= 4 is 34.5 Å². The molecule has 0 radical (unpaired) electrons. The van der Waals surface area contributed by atoms with Crippen LogP contribution >= 0.6 is 0 Å². The van der Waals surface area contributed by atoms with E-state index in [1.807, 2.05) is 37.4 Å². The molecule has 2 N–H and O–H groups in total. The Morgan fingerprint density at radius 1 is 1.12 bits per heavy atom. The Balaban J connectivity index is 1.83. The third-order valence-corrected chi connectivity index (χ3v) is 4.60. The molecule has 0 bridgehead atoms. The molecule has 2 aromatic carbocycles. The normalized spacial score (nSPS) is 11.2. The molecule has 0 spiro atoms. The standard InChI is InChI=1S/C19H18BN3O3/c1-12-22-19-16-9-14(20(24)25)5-8-17(16)21-10-18(19)23(12)11-13-3-6-15(26-2)7-4-13/h3-10,24-25H,11H2,1-2H3. The van der Waals surface area contributed by atoms with Crippen molar-refractivity contribution in [3.8, 4) is 5.75 Å². The number of benzene rings is 2. The van der Waals surface area contributed by atoms with Crippen LogP contribution < -0.4 is 10.2 Å². The van der Waals surface area contributed by atoms with Gasteiger partial charge in [-0.05, 0) is 36.1 Å². The molecule has 0 saturated heterocycles. The maximum absolute atomic E-state index is 9.45. The van der Waals surface area contributed by atoms with E-state index in [1.165, 1.54) is 0 Å². The molecule has 6 nitrogen and oxygen atoms in total. The zero-order chi connectivity index (χ0) is 18.3. The number of aromatic nitrogens is 3. The van der Waals surface area contributed by atoms with Crippen LogP contribution in [0.2, 0.25) is 0 Å². The quantitative estimate of drug-likeness (QED) is 0.549. The van der Waals surface area contributed by atoms with Crippen LogP contribution in [0.25, 0.3) is 21.9 Å². The van der Waals surface area contributed by atoms with Gasteiger partial charge in [-0.15, -0.1) is 0 Å². The predicted octanol–water partition coefficient (Wildman–Crippen LogP) is 1.63. The minimum Gasteiger partial charge on any atom is -0.497 e. The number of nitrogens with zero attached hydrogens (tertiary/aromatic N) is 3. The second-order valence-corrected chi connectivity index (χ2v) is 6.24. The van der Waals surface area contributed by atoms with Crippen LogP contribution in [0.4, 0.5) is 0 Å². The number of imidazole rings is 1. The van der Waals surface area contributed by atoms with Crippen LogP contribution in [0.3, 0.4) is 0 Å². The van der Waals surface area contributed by atoms with Gasteiger partial charge in [0, 0.05) is 11.9 Å². The van der Waals surface area contributed by atoms with Crippen LogP contribution in [-0.4, -0.2) is 38.8 Å². The molecule has 0 aliphatic rings. The molecular formula is C19H18BN3O3. The molecule has 0 saturated carbocycles. The Bertz CT molecular complexity index is 1090. The Morgan fingerprint density at radius 3 is 2.58 bits per heavy atom. The fraction of sp³-hybridized carbons (Fsp3) is 0.158. The largest absolute Gasteiger partial charge is 0.497 e. The van der Waals surface area contributed by atoms with Crippen molar-refractivity contribution < 1.29 is 14.8 Å². The van der Waals surface area contributed by atoms with E-state index in [1.54, 1.807) is 25.3 Å². The molecular weight excluding hydrogens is 329 g/mol. The summed E-state index contributed by atoms with van der Waals surface area (Å²) in [6.45, 7) is 2.63. The van der Waals surface area contributed by atoms with Crippen LogP contribution in [0.1, 0.15) is 11.4 Å². The molecule has 0 fully saturated rings. The summed E-state index contributed by atoms with van der Waals surface area (Å²) in [4.78, 5) is 9.22. The van der Waals surface area contributed by atoms with Crippen molar-refractivity contribution in [1.29, 1.82) is 0 Å². The lowest BCUT2D eigenvalue weighted by atomic mass is 9.80. The molecule has 130 valence electrons. The number of hydrogen-bond donors (Lipinski definition) is 2. The third-order valence-electron chi connectivity index (χ3n) is 4.60. The molecule has 0 aliphatic heterocycles. The number of ether oxygens (including phenoxy) is 1. The molecule has 0 aliphatic carbocycles. The molecule has 7 heteroatoms. The first-order valence-electron chi connectivity index (χ1n) is 8.31. The predicted molar refractivity (Wildman–Crippen MR) is 102 cm³/mol. The van der Waals surface area contributed by atoms with Crippen molar-refractivity contribution in [3.63, 3.8) is 0 Å². The summed E-state index contributed by atoms with van der Waals surface area (Å²) < 4.78 is 7.31. The summed E-state index contributed by atoms with van der Waals surface area (Å²) in [7, 11) is 0.133. The van der Waals surface area contributed by atoms with Gasteiger partial charge < -0.3 is 19.4 Å². The summed E-state index contributed by atoms with van der Waals surface area (Å²) in [6, 6.07) is 13.1. The summed E-state index contributed by atoms with van der Waals surface area (Å²) in [5, 5.41) is 19.7. The maximum Gasteiger partial charge on any atom is 0.488 e. The number of hydrogen-bond acceptors (Lipinski definition) is 5. The monoisotopic (exact) mass is 347 g/mol. The lowest BCUT2D eigenvalue weighted by Gasteiger charge is -2.08. The SMILES string of the molecule is COc1ccc(Cn2c(C)nc3c4cc(B(O)O)ccc4ncc32)cc1. The lowest BCUT2D eigenvalue weighted by Crippen LogP contribution is -2.29. The summed E-state index contributed by atoms with van der Waals surface area (Å²) in [6.07, 6.45) is 1.82. The van der Waals surface area contributed by atoms with E-state index in [2.05, 4.69) is 9.55 Å². The van der Waals surface area contributed by atoms with Gasteiger partial charge in [0.05, 0.1) is 29.9 Å². The van der Waals surface area contributed by atoms with Gasteiger partial charge in [-0.25, -0.2) is 4.98 Å². The van der Waals surface area contributed by atoms with E-state index in [-0.39, 0.29) is 0 Å². The summed E-state index contributed by atoms with van der Waals surface area (Å²) >= 11 is 0. The van der Waals surface area contributed by atoms with Gasteiger partial charge in [0.25, 0.3) is 0 Å². The van der Waals surface area contributed by atoms with Crippen LogP contribution in [0.15, 0.2) is 48.7 Å². The molecule has 2 heterocycles. The van der Waals surface area contributed by atoms with Crippen molar-refractivity contribution in [2.75, 3.05) is 7.11 Å². The minimum absolute atomic E-state index is 0.425. The van der Waals surface area contributed by atoms with Crippen molar-refractivity contribution in [2.24, 2.45) is 0 Å². The van der Waals surface area contributed by atoms with Crippen LogP contribution in [-0.2, 0) is 6.54 Å². The number of aryl methyl sites for hydroxylation is 1. The summed E-state index contributed by atoms with van der Waals surface area (Å²) in [5.41, 5.74) is 4.05. The van der Waals surface area contributed by atoms with E-state index in [4.69, 9.17) is 9.72 Å². The zero-order valence-electron chi connectivity index (χ0n) is 14.5. The van der Waals surface area contributed by atoms with Crippen LogP contribution in [0.5, 0.6) is 5.75 Å². The van der Waals surface area contributed by atoms with Gasteiger partial charge in [0.2, 0.25) is 0 Å². The molecule has 0 amide bonds. The van der Waals surface area contributed by atoms with Crippen molar-refractivity contribution in [3.05, 3.63) is 60.0 Å². The van der Waals surface area contributed by atoms with Crippen molar-refractivity contribution in [1.82, 2.24) is 14.5 Å². The van der Waals surface area contributed by atoms with Gasteiger partial charge in [-0.2, -0.15) is 0 Å². The Labute approximate surface area is 150 Å². The van der Waals surface area contributed by atoms with E-state index >= 15 is 0 Å². The highest BCUT2D eigenvalue weighted by atomic mass is 16.5. The van der Waals surface area contributed by atoms with E-state index < -0.39 is 7.12 Å². The second-order valence-electron chi connectivity index (χ2n) is 6.24. The van der Waals surface area contributed by atoms with E-state index in [9.17, 15) is 10.0 Å². The first kappa shape index (κ1) is 16.6. The van der Waals surface area contributed by atoms with Gasteiger partial charge in [-0.3, -0.25) is 4.98 Å². The van der Waals surface area contributed by atoms with E-state index in [0.29, 0.717) is 12.0 Å². The maximum atomic E-state index is 9.45. The topological polar surface area (TPSA) is 80.4 Å². The highest BCUT2D eigenvalue weighted by Crippen LogP contribution is 2.24. The summed E-state index contributed by atoms with van der Waals surface area (Å²) in [5.74, 6) is 1.70. The Kier molecular flexibility index (Phi) is 4.10. The Hall–Kier alpha value is -2.90. The molecule has 4 rings (SSSR count). The average Bonchev–Trinajstić information content (AvgIpc) is 2.98. The molecule has 0 atom stereocenters. The average molecular weight is 347 g/mol. The smallest absolute Gasteiger partial charge is 0.488 e. The molecule has 4 aromatic rings.